The van der Waals surface area contributed by atoms with Gasteiger partial charge in [0.2, 0.25) is 10.0 Å². The van der Waals surface area contributed by atoms with Gasteiger partial charge in [-0.05, 0) is 78.8 Å². The highest BCUT2D eigenvalue weighted by Gasteiger charge is 2.29. The van der Waals surface area contributed by atoms with E-state index in [1.54, 1.807) is 0 Å². The van der Waals surface area contributed by atoms with E-state index in [-0.39, 0.29) is 30.1 Å². The van der Waals surface area contributed by atoms with Crippen molar-refractivity contribution in [2.75, 3.05) is 12.3 Å². The van der Waals surface area contributed by atoms with Gasteiger partial charge in [0, 0.05) is 23.5 Å². The maximum absolute atomic E-state index is 12.1. The number of aryl methyl sites for hydroxylation is 1. The number of sulfonamides is 1. The molecule has 0 aliphatic heterocycles. The van der Waals surface area contributed by atoms with Crippen LogP contribution in [0.3, 0.4) is 0 Å². The standard InChI is InChI=1S/C23H29ClN2O2S.ClH/c24-20-3-1-2-18(12-20)14-22-21-13-16(6-7-19(21)8-9-23(22)25)10-11-26-29(27,28)15-17-4-5-17;/h1-3,6-7,12-13,17,22-23,26H,4-5,8-11,14-15,25H2;1H. The molecular weight excluding hydrogens is 439 g/mol. The first-order valence-electron chi connectivity index (χ1n) is 10.5. The van der Waals surface area contributed by atoms with Crippen LogP contribution in [0.15, 0.2) is 42.5 Å². The SMILES string of the molecule is Cl.NC1CCc2ccc(CCNS(=O)(=O)CC3CC3)cc2C1Cc1cccc(Cl)c1. The van der Waals surface area contributed by atoms with Gasteiger partial charge >= 0.3 is 0 Å². The van der Waals surface area contributed by atoms with Gasteiger partial charge in [-0.2, -0.15) is 0 Å². The molecule has 0 saturated heterocycles. The van der Waals surface area contributed by atoms with Gasteiger partial charge in [0.25, 0.3) is 0 Å². The zero-order chi connectivity index (χ0) is 20.4. The molecule has 2 aliphatic rings. The second kappa shape index (κ2) is 10.0. The maximum Gasteiger partial charge on any atom is 0.211 e. The average Bonchev–Trinajstić information content (AvgIpc) is 3.47. The van der Waals surface area contributed by atoms with E-state index >= 15 is 0 Å². The first kappa shape index (κ1) is 23.6. The molecule has 164 valence electrons. The zero-order valence-corrected chi connectivity index (χ0v) is 19.4. The molecule has 30 heavy (non-hydrogen) atoms. The van der Waals surface area contributed by atoms with Crippen molar-refractivity contribution < 1.29 is 8.42 Å². The first-order chi connectivity index (χ1) is 13.9. The lowest BCUT2D eigenvalue weighted by Gasteiger charge is -2.32. The summed E-state index contributed by atoms with van der Waals surface area (Å²) in [7, 11) is -3.15. The van der Waals surface area contributed by atoms with Crippen molar-refractivity contribution in [1.29, 1.82) is 0 Å². The molecule has 2 aromatic carbocycles. The normalized spacial score (nSPS) is 21.0. The molecule has 4 rings (SSSR count). The molecule has 0 bridgehead atoms. The molecule has 4 nitrogen and oxygen atoms in total. The number of fused-ring (bicyclic) bond motifs is 1. The summed E-state index contributed by atoms with van der Waals surface area (Å²) in [5.41, 5.74) is 11.5. The summed E-state index contributed by atoms with van der Waals surface area (Å²) in [6, 6.07) is 14.7. The summed E-state index contributed by atoms with van der Waals surface area (Å²) in [6.07, 6.45) is 5.62. The molecule has 7 heteroatoms. The summed E-state index contributed by atoms with van der Waals surface area (Å²) >= 11 is 6.17. The highest BCUT2D eigenvalue weighted by molar-refractivity contribution is 7.89. The van der Waals surface area contributed by atoms with Crippen LogP contribution in [0.4, 0.5) is 0 Å². The topological polar surface area (TPSA) is 72.2 Å². The quantitative estimate of drug-likeness (QED) is 0.608. The Labute approximate surface area is 191 Å². The highest BCUT2D eigenvalue weighted by atomic mass is 35.5. The number of rotatable bonds is 8. The average molecular weight is 469 g/mol. The van der Waals surface area contributed by atoms with Gasteiger partial charge in [-0.15, -0.1) is 12.4 Å². The number of hydrogen-bond donors (Lipinski definition) is 2. The molecule has 2 aromatic rings. The predicted molar refractivity (Wildman–Crippen MR) is 126 cm³/mol. The maximum atomic E-state index is 12.1. The number of halogens is 2. The van der Waals surface area contributed by atoms with Gasteiger partial charge in [0.05, 0.1) is 5.75 Å². The first-order valence-corrected chi connectivity index (χ1v) is 12.5. The Kier molecular flexibility index (Phi) is 7.86. The van der Waals surface area contributed by atoms with Crippen molar-refractivity contribution in [3.63, 3.8) is 0 Å². The lowest BCUT2D eigenvalue weighted by atomic mass is 9.76. The van der Waals surface area contributed by atoms with E-state index in [1.807, 2.05) is 18.2 Å². The largest absolute Gasteiger partial charge is 0.327 e. The molecule has 2 unspecified atom stereocenters. The molecule has 0 heterocycles. The highest BCUT2D eigenvalue weighted by Crippen LogP contribution is 2.35. The number of benzene rings is 2. The third-order valence-electron chi connectivity index (χ3n) is 6.11. The van der Waals surface area contributed by atoms with E-state index in [9.17, 15) is 8.42 Å². The minimum Gasteiger partial charge on any atom is -0.327 e. The number of hydrogen-bond acceptors (Lipinski definition) is 3. The monoisotopic (exact) mass is 468 g/mol. The van der Waals surface area contributed by atoms with Crippen molar-refractivity contribution in [3.8, 4) is 0 Å². The number of nitrogens with one attached hydrogen (secondary N) is 1. The Morgan fingerprint density at radius 2 is 1.87 bits per heavy atom. The summed E-state index contributed by atoms with van der Waals surface area (Å²) in [6.45, 7) is 0.443. The Morgan fingerprint density at radius 1 is 1.07 bits per heavy atom. The van der Waals surface area contributed by atoms with Gasteiger partial charge in [0.15, 0.2) is 0 Å². The van der Waals surface area contributed by atoms with Crippen molar-refractivity contribution in [2.45, 2.75) is 50.5 Å². The second-order valence-corrected chi connectivity index (χ2v) is 10.8. The van der Waals surface area contributed by atoms with Crippen molar-refractivity contribution in [3.05, 3.63) is 69.7 Å². The molecule has 0 amide bonds. The van der Waals surface area contributed by atoms with Gasteiger partial charge in [-0.1, -0.05) is 41.9 Å². The minimum absolute atomic E-state index is 0. The van der Waals surface area contributed by atoms with Crippen LogP contribution in [0.2, 0.25) is 5.02 Å². The second-order valence-electron chi connectivity index (χ2n) is 8.55. The van der Waals surface area contributed by atoms with E-state index in [1.165, 1.54) is 16.7 Å². The molecular formula is C23H30Cl2N2O2S. The molecule has 1 fully saturated rings. The fraction of sp³-hybridized carbons (Fsp3) is 0.478. The molecule has 2 atom stereocenters. The summed E-state index contributed by atoms with van der Waals surface area (Å²) in [4.78, 5) is 0. The van der Waals surface area contributed by atoms with Crippen molar-refractivity contribution >= 4 is 34.0 Å². The minimum atomic E-state index is -3.15. The molecule has 3 N–H and O–H groups in total. The zero-order valence-electron chi connectivity index (χ0n) is 17.0. The van der Waals surface area contributed by atoms with Gasteiger partial charge in [0.1, 0.15) is 0 Å². The van der Waals surface area contributed by atoms with Crippen molar-refractivity contribution in [1.82, 2.24) is 4.72 Å². The van der Waals surface area contributed by atoms with Crippen LogP contribution in [0.5, 0.6) is 0 Å². The Balaban J connectivity index is 0.00000256. The summed E-state index contributed by atoms with van der Waals surface area (Å²) < 4.78 is 26.9. The van der Waals surface area contributed by atoms with E-state index in [2.05, 4.69) is 29.0 Å². The van der Waals surface area contributed by atoms with Crippen LogP contribution in [0.25, 0.3) is 0 Å². The van der Waals surface area contributed by atoms with Crippen LogP contribution in [-0.2, 0) is 29.3 Å². The van der Waals surface area contributed by atoms with E-state index in [4.69, 9.17) is 17.3 Å². The van der Waals surface area contributed by atoms with Gasteiger partial charge < -0.3 is 5.73 Å². The molecule has 0 radical (unpaired) electrons. The molecule has 2 aliphatic carbocycles. The number of nitrogens with two attached hydrogens (primary N) is 1. The van der Waals surface area contributed by atoms with Crippen LogP contribution in [-0.4, -0.2) is 26.8 Å². The lowest BCUT2D eigenvalue weighted by molar-refractivity contribution is 0.467. The smallest absolute Gasteiger partial charge is 0.211 e. The van der Waals surface area contributed by atoms with E-state index in [0.717, 1.165) is 42.7 Å². The van der Waals surface area contributed by atoms with Crippen LogP contribution < -0.4 is 10.5 Å². The Hall–Kier alpha value is -1.11. The third kappa shape index (κ3) is 6.21. The van der Waals surface area contributed by atoms with E-state index in [0.29, 0.717) is 18.9 Å². The molecule has 0 aromatic heterocycles. The summed E-state index contributed by atoms with van der Waals surface area (Å²) in [5, 5.41) is 0.749. The van der Waals surface area contributed by atoms with E-state index < -0.39 is 10.0 Å². The van der Waals surface area contributed by atoms with Crippen LogP contribution in [0, 0.1) is 5.92 Å². The summed E-state index contributed by atoms with van der Waals surface area (Å²) in [5.74, 6) is 0.891. The van der Waals surface area contributed by atoms with Gasteiger partial charge in [-0.25, -0.2) is 13.1 Å². The van der Waals surface area contributed by atoms with Gasteiger partial charge in [-0.3, -0.25) is 0 Å². The molecule has 0 spiro atoms. The fourth-order valence-corrected chi connectivity index (χ4v) is 6.01. The Bertz CT molecular complexity index is 977. The van der Waals surface area contributed by atoms with Crippen molar-refractivity contribution in [2.24, 2.45) is 11.7 Å². The fourth-order valence-electron chi connectivity index (χ4n) is 4.31. The lowest BCUT2D eigenvalue weighted by Crippen LogP contribution is -2.34. The Morgan fingerprint density at radius 3 is 2.60 bits per heavy atom. The molecule has 1 saturated carbocycles. The third-order valence-corrected chi connectivity index (χ3v) is 7.90. The van der Waals surface area contributed by atoms with Crippen LogP contribution >= 0.6 is 24.0 Å². The predicted octanol–water partition coefficient (Wildman–Crippen LogP) is 4.23. The van der Waals surface area contributed by atoms with Crippen LogP contribution in [0.1, 0.15) is 47.4 Å².